The van der Waals surface area contributed by atoms with Crippen molar-refractivity contribution in [3.05, 3.63) is 81.0 Å². The summed E-state index contributed by atoms with van der Waals surface area (Å²) in [5.41, 5.74) is 2.66. The monoisotopic (exact) mass is 384 g/mol. The van der Waals surface area contributed by atoms with Gasteiger partial charge in [-0.1, -0.05) is 42.8 Å². The normalized spacial score (nSPS) is 10.4. The number of carbonyl (C=O) groups is 2. The molecule has 4 nitrogen and oxygen atoms in total. The van der Waals surface area contributed by atoms with E-state index in [9.17, 15) is 9.59 Å². The van der Waals surface area contributed by atoms with Crippen LogP contribution in [0, 0.1) is 0 Å². The largest absolute Gasteiger partial charge is 0.322 e. The smallest absolute Gasteiger partial charge is 0.265 e. The van der Waals surface area contributed by atoms with E-state index in [4.69, 9.17) is 11.6 Å². The molecule has 2 aromatic carbocycles. The molecule has 0 saturated heterocycles. The zero-order chi connectivity index (χ0) is 18.5. The molecule has 1 heterocycles. The predicted molar refractivity (Wildman–Crippen MR) is 107 cm³/mol. The molecule has 0 spiro atoms. The number of hydrogen-bond donors (Lipinski definition) is 2. The number of hydrogen-bond acceptors (Lipinski definition) is 3. The third-order valence-corrected chi connectivity index (χ3v) is 5.07. The van der Waals surface area contributed by atoms with E-state index in [2.05, 4.69) is 10.6 Å². The third-order valence-electron chi connectivity index (χ3n) is 3.87. The van der Waals surface area contributed by atoms with Crippen molar-refractivity contribution in [3.63, 3.8) is 0 Å². The molecule has 0 bridgehead atoms. The second kappa shape index (κ2) is 8.17. The number of amides is 2. The second-order valence-electron chi connectivity index (χ2n) is 5.59. The second-order valence-corrected chi connectivity index (χ2v) is 6.95. The van der Waals surface area contributed by atoms with Crippen LogP contribution in [0.15, 0.2) is 60.0 Å². The lowest BCUT2D eigenvalue weighted by molar-refractivity contribution is 0.101. The number of nitrogens with one attached hydrogen (secondary N) is 2. The average Bonchev–Trinajstić information content (AvgIpc) is 3.18. The van der Waals surface area contributed by atoms with E-state index in [-0.39, 0.29) is 11.8 Å². The van der Waals surface area contributed by atoms with Crippen LogP contribution < -0.4 is 10.6 Å². The molecule has 3 aromatic rings. The molecule has 0 aliphatic rings. The highest BCUT2D eigenvalue weighted by molar-refractivity contribution is 7.12. The van der Waals surface area contributed by atoms with E-state index >= 15 is 0 Å². The van der Waals surface area contributed by atoms with Crippen LogP contribution in [0.1, 0.15) is 32.5 Å². The molecule has 2 amide bonds. The Balaban J connectivity index is 1.80. The molecular formula is C20H17ClN2O2S. The van der Waals surface area contributed by atoms with Crippen LogP contribution in [0.3, 0.4) is 0 Å². The Kier molecular flexibility index (Phi) is 5.71. The Hall–Kier alpha value is -2.63. The lowest BCUT2D eigenvalue weighted by Crippen LogP contribution is -2.15. The van der Waals surface area contributed by atoms with E-state index in [0.29, 0.717) is 21.2 Å². The van der Waals surface area contributed by atoms with Crippen LogP contribution in [0.2, 0.25) is 5.02 Å². The topological polar surface area (TPSA) is 58.2 Å². The number of aryl methyl sites for hydroxylation is 1. The molecular weight excluding hydrogens is 368 g/mol. The zero-order valence-electron chi connectivity index (χ0n) is 14.1. The first kappa shape index (κ1) is 18.2. The summed E-state index contributed by atoms with van der Waals surface area (Å²) in [6, 6.07) is 16.0. The van der Waals surface area contributed by atoms with E-state index in [0.717, 1.165) is 17.7 Å². The number of para-hydroxylation sites is 1. The van der Waals surface area contributed by atoms with Crippen LogP contribution in [0.25, 0.3) is 0 Å². The maximum Gasteiger partial charge on any atom is 0.265 e. The first-order chi connectivity index (χ1) is 12.6. The van der Waals surface area contributed by atoms with Gasteiger partial charge in [-0.2, -0.15) is 0 Å². The van der Waals surface area contributed by atoms with Crippen molar-refractivity contribution >= 4 is 46.1 Å². The maximum absolute atomic E-state index is 12.6. The number of anilines is 2. The minimum absolute atomic E-state index is 0.254. The Labute approximate surface area is 160 Å². The van der Waals surface area contributed by atoms with Gasteiger partial charge in [0.1, 0.15) is 0 Å². The first-order valence-corrected chi connectivity index (χ1v) is 9.38. The molecule has 0 atom stereocenters. The Morgan fingerprint density at radius 1 is 0.962 bits per heavy atom. The number of benzene rings is 2. The molecule has 0 radical (unpaired) electrons. The van der Waals surface area contributed by atoms with Gasteiger partial charge in [-0.25, -0.2) is 0 Å². The summed E-state index contributed by atoms with van der Waals surface area (Å²) in [6.45, 7) is 2.03. The fraction of sp³-hybridized carbons (Fsp3) is 0.100. The van der Waals surface area contributed by atoms with Crippen molar-refractivity contribution in [2.75, 3.05) is 10.6 Å². The summed E-state index contributed by atoms with van der Waals surface area (Å²) in [5.74, 6) is -0.509. The fourth-order valence-electron chi connectivity index (χ4n) is 2.50. The number of thiophene rings is 1. The highest BCUT2D eigenvalue weighted by atomic mass is 35.5. The van der Waals surface area contributed by atoms with Crippen molar-refractivity contribution in [2.24, 2.45) is 0 Å². The summed E-state index contributed by atoms with van der Waals surface area (Å²) in [6.07, 6.45) is 0.819. The zero-order valence-corrected chi connectivity index (χ0v) is 15.7. The summed E-state index contributed by atoms with van der Waals surface area (Å²) >= 11 is 7.51. The van der Waals surface area contributed by atoms with Crippen LogP contribution in [-0.4, -0.2) is 11.8 Å². The van der Waals surface area contributed by atoms with Crippen molar-refractivity contribution in [1.82, 2.24) is 0 Å². The summed E-state index contributed by atoms with van der Waals surface area (Å²) < 4.78 is 0. The first-order valence-electron chi connectivity index (χ1n) is 8.12. The molecule has 0 aliphatic heterocycles. The summed E-state index contributed by atoms with van der Waals surface area (Å²) in [4.78, 5) is 25.4. The van der Waals surface area contributed by atoms with Gasteiger partial charge in [0.05, 0.1) is 15.6 Å². The van der Waals surface area contributed by atoms with Gasteiger partial charge in [0.15, 0.2) is 0 Å². The van der Waals surface area contributed by atoms with Crippen LogP contribution >= 0.6 is 22.9 Å². The molecule has 0 fully saturated rings. The highest BCUT2D eigenvalue weighted by Crippen LogP contribution is 2.25. The van der Waals surface area contributed by atoms with Crippen molar-refractivity contribution in [3.8, 4) is 0 Å². The number of carbonyl (C=O) groups excluding carboxylic acids is 2. The average molecular weight is 385 g/mol. The van der Waals surface area contributed by atoms with Gasteiger partial charge in [-0.05, 0) is 47.7 Å². The minimum atomic E-state index is -0.255. The SMILES string of the molecule is CCc1ccccc1NC(=O)c1ccc(Cl)c(NC(=O)c2cccs2)c1. The lowest BCUT2D eigenvalue weighted by atomic mass is 10.1. The van der Waals surface area contributed by atoms with Crippen molar-refractivity contribution < 1.29 is 9.59 Å². The predicted octanol–water partition coefficient (Wildman–Crippen LogP) is 5.47. The fourth-order valence-corrected chi connectivity index (χ4v) is 3.28. The van der Waals surface area contributed by atoms with Crippen LogP contribution in [0.4, 0.5) is 11.4 Å². The molecule has 0 saturated carbocycles. The molecule has 132 valence electrons. The number of rotatable bonds is 5. The number of halogens is 1. The van der Waals surface area contributed by atoms with Crippen molar-refractivity contribution in [2.45, 2.75) is 13.3 Å². The lowest BCUT2D eigenvalue weighted by Gasteiger charge is -2.11. The maximum atomic E-state index is 12.6. The molecule has 0 aliphatic carbocycles. The standard InChI is InChI=1S/C20H17ClN2O2S/c1-2-13-6-3-4-7-16(13)22-19(24)14-9-10-15(21)17(12-14)23-20(25)18-8-5-11-26-18/h3-12H,2H2,1H3,(H,22,24)(H,23,25). The van der Waals surface area contributed by atoms with Gasteiger partial charge >= 0.3 is 0 Å². The molecule has 26 heavy (non-hydrogen) atoms. The molecule has 1 aromatic heterocycles. The quantitative estimate of drug-likeness (QED) is 0.612. The highest BCUT2D eigenvalue weighted by Gasteiger charge is 2.13. The molecule has 2 N–H and O–H groups in total. The van der Waals surface area contributed by atoms with Gasteiger partial charge in [-0.15, -0.1) is 11.3 Å². The molecule has 3 rings (SSSR count). The Morgan fingerprint density at radius 2 is 1.73 bits per heavy atom. The van der Waals surface area contributed by atoms with Gasteiger partial charge in [0.2, 0.25) is 0 Å². The van der Waals surface area contributed by atoms with Gasteiger partial charge in [0, 0.05) is 11.3 Å². The minimum Gasteiger partial charge on any atom is -0.322 e. The van der Waals surface area contributed by atoms with Crippen molar-refractivity contribution in [1.29, 1.82) is 0 Å². The Morgan fingerprint density at radius 3 is 2.46 bits per heavy atom. The van der Waals surface area contributed by atoms with Gasteiger partial charge in [-0.3, -0.25) is 9.59 Å². The summed E-state index contributed by atoms with van der Waals surface area (Å²) in [5, 5.41) is 7.87. The summed E-state index contributed by atoms with van der Waals surface area (Å²) in [7, 11) is 0. The van der Waals surface area contributed by atoms with Crippen LogP contribution in [0.5, 0.6) is 0 Å². The van der Waals surface area contributed by atoms with E-state index in [1.807, 2.05) is 36.6 Å². The van der Waals surface area contributed by atoms with E-state index < -0.39 is 0 Å². The Bertz CT molecular complexity index is 939. The van der Waals surface area contributed by atoms with Crippen LogP contribution in [-0.2, 0) is 6.42 Å². The van der Waals surface area contributed by atoms with Gasteiger partial charge < -0.3 is 10.6 Å². The van der Waals surface area contributed by atoms with E-state index in [1.54, 1.807) is 30.3 Å². The molecule has 0 unspecified atom stereocenters. The molecule has 6 heteroatoms. The van der Waals surface area contributed by atoms with Gasteiger partial charge in [0.25, 0.3) is 11.8 Å². The van der Waals surface area contributed by atoms with E-state index in [1.165, 1.54) is 11.3 Å². The third kappa shape index (κ3) is 4.12.